The van der Waals surface area contributed by atoms with Gasteiger partial charge in [0.2, 0.25) is 0 Å². The topological polar surface area (TPSA) is 0 Å². The molecule has 0 saturated heterocycles. The summed E-state index contributed by atoms with van der Waals surface area (Å²) in [5.41, 5.74) is -3.53. The normalized spacial score (nSPS) is 11.6. The van der Waals surface area contributed by atoms with Crippen molar-refractivity contribution in [2.24, 2.45) is 0 Å². The Hall–Kier alpha value is -3.12. The molecule has 0 heterocycles. The maximum absolute atomic E-state index is 7.12. The van der Waals surface area contributed by atoms with Gasteiger partial charge in [-0.1, -0.05) is 76.5 Å². The third-order valence-electron chi connectivity index (χ3n) is 11.5. The Labute approximate surface area is 382 Å². The molecule has 0 N–H and O–H groups in total. The predicted octanol–water partition coefficient (Wildman–Crippen LogP) is -18.8. The lowest BCUT2D eigenvalue weighted by Crippen LogP contribution is -2.57. The minimum atomic E-state index is -0.210. The van der Waals surface area contributed by atoms with Crippen LogP contribution in [0.25, 0.3) is 65.7 Å². The molecule has 0 spiro atoms. The van der Waals surface area contributed by atoms with Gasteiger partial charge < -0.3 is 0 Å². The maximum atomic E-state index is 7.12. The second-order valence-corrected chi connectivity index (χ2v) is 14.4. The fraction of sp³-hybridized carbons (Fsp3) is 0. The number of rotatable bonds is 3. The van der Waals surface area contributed by atoms with Crippen LogP contribution in [0.15, 0.2) is 0 Å². The van der Waals surface area contributed by atoms with E-state index in [0.717, 1.165) is 0 Å². The van der Waals surface area contributed by atoms with E-state index in [1.807, 2.05) is 0 Å². The van der Waals surface area contributed by atoms with Gasteiger partial charge in [-0.05, 0) is 65.7 Å². The zero-order valence-corrected chi connectivity index (χ0v) is 31.9. The first-order valence-electron chi connectivity index (χ1n) is 17.4. The highest BCUT2D eigenvalue weighted by Gasteiger charge is 2.30. The van der Waals surface area contributed by atoms with Crippen LogP contribution in [0.5, 0.6) is 0 Å². The largest absolute Gasteiger partial charge is 0.115 e. The van der Waals surface area contributed by atoms with E-state index in [1.165, 1.54) is 0 Å². The first-order chi connectivity index (χ1) is 27.9. The quantitative estimate of drug-likeness (QED) is 0.128. The molecule has 216 valence electrons. The van der Waals surface area contributed by atoms with Crippen LogP contribution < -0.4 is 131 Å². The molecule has 0 nitrogen and oxygen atoms in total. The minimum Gasteiger partial charge on any atom is -0.112 e. The van der Waals surface area contributed by atoms with Gasteiger partial charge in [0.15, 0.2) is 0 Å². The van der Waals surface area contributed by atoms with Crippen molar-refractivity contribution in [3.05, 3.63) is 0 Å². The van der Waals surface area contributed by atoms with Gasteiger partial charge in [0.1, 0.15) is 188 Å². The van der Waals surface area contributed by atoms with Gasteiger partial charge in [0.05, 0.1) is 0 Å². The predicted molar refractivity (Wildman–Crippen MR) is 285 cm³/mol. The van der Waals surface area contributed by atoms with E-state index in [1.54, 1.807) is 0 Å². The molecule has 24 heteroatoms. The maximum Gasteiger partial charge on any atom is 0.115 e. The molecule has 60 heavy (non-hydrogen) atoms. The molecule has 0 amide bonds. The van der Waals surface area contributed by atoms with Crippen molar-refractivity contribution in [1.82, 2.24) is 0 Å². The van der Waals surface area contributed by atoms with E-state index in [2.05, 4.69) is 0 Å². The van der Waals surface area contributed by atoms with Crippen LogP contribution in [-0.4, -0.2) is 188 Å². The fourth-order valence-corrected chi connectivity index (χ4v) is 8.13. The molecule has 7 aromatic carbocycles. The number of hydrogen-bond donors (Lipinski definition) is 0. The summed E-state index contributed by atoms with van der Waals surface area (Å²) in [6.07, 6.45) is 0. The minimum absolute atomic E-state index is 0.00119. The zero-order chi connectivity index (χ0) is 44.8. The third kappa shape index (κ3) is 5.86. The van der Waals surface area contributed by atoms with E-state index < -0.39 is 0 Å². The molecule has 0 fully saturated rings. The Kier molecular flexibility index (Phi) is 11.5. The average Bonchev–Trinajstić information content (AvgIpc) is 3.21. The van der Waals surface area contributed by atoms with Crippen molar-refractivity contribution < 1.29 is 0 Å². The van der Waals surface area contributed by atoms with Crippen LogP contribution in [0.4, 0.5) is 0 Å². The highest BCUT2D eigenvalue weighted by molar-refractivity contribution is 6.77. The van der Waals surface area contributed by atoms with Gasteiger partial charge in [-0.3, -0.25) is 0 Å². The van der Waals surface area contributed by atoms with Gasteiger partial charge >= 0.3 is 0 Å². The van der Waals surface area contributed by atoms with Crippen LogP contribution in [0, 0.1) is 0 Å². The fourth-order valence-electron chi connectivity index (χ4n) is 8.13. The number of fused-ring (bicyclic) bond motifs is 3. The molecule has 0 aliphatic carbocycles. The van der Waals surface area contributed by atoms with Crippen LogP contribution in [-0.2, 0) is 0 Å². The molecule has 7 rings (SSSR count). The highest BCUT2D eigenvalue weighted by atomic mass is 14.3. The van der Waals surface area contributed by atoms with Crippen LogP contribution in [0.3, 0.4) is 0 Å². The molecule has 0 aromatic heterocycles. The molecule has 0 saturated carbocycles. The monoisotopic (exact) mass is 696 g/mol. The molecule has 0 aliphatic rings. The summed E-state index contributed by atoms with van der Waals surface area (Å²) in [6.45, 7) is 0. The summed E-state index contributed by atoms with van der Waals surface area (Å²) in [5, 5.41) is 0.232. The average molecular weight is 692 g/mol. The Bertz CT molecular complexity index is 3080. The Morgan fingerprint density at radius 3 is 0.567 bits per heavy atom. The first-order valence-corrected chi connectivity index (χ1v) is 17.4. The van der Waals surface area contributed by atoms with Gasteiger partial charge in [-0.15, -0.1) is 54.6 Å². The van der Waals surface area contributed by atoms with Crippen LogP contribution in [0.1, 0.15) is 0 Å². The molecule has 0 atom stereocenters. The van der Waals surface area contributed by atoms with E-state index in [-0.39, 0.29) is 197 Å². The Morgan fingerprint density at radius 1 is 0.100 bits per heavy atom. The Balaban J connectivity index is 1.89. The van der Waals surface area contributed by atoms with Gasteiger partial charge in [-0.25, -0.2) is 0 Å². The second-order valence-electron chi connectivity index (χ2n) is 14.4. The second kappa shape index (κ2) is 15.3. The smallest absolute Gasteiger partial charge is 0.112 e. The van der Waals surface area contributed by atoms with Gasteiger partial charge in [-0.2, -0.15) is 0 Å². The summed E-state index contributed by atoms with van der Waals surface area (Å²) in [6, 6.07) is 0. The van der Waals surface area contributed by atoms with Crippen molar-refractivity contribution in [2.45, 2.75) is 0 Å². The molecular weight excluding hydrogens is 692 g/mol. The molecule has 7 aromatic rings. The molecule has 48 radical (unpaired) electrons. The number of benzene rings is 7. The van der Waals surface area contributed by atoms with Crippen molar-refractivity contribution in [2.75, 3.05) is 0 Å². The van der Waals surface area contributed by atoms with Crippen LogP contribution in [0.2, 0.25) is 0 Å². The Morgan fingerprint density at radius 2 is 0.250 bits per heavy atom. The van der Waals surface area contributed by atoms with Gasteiger partial charge in [0, 0.05) is 0 Å². The summed E-state index contributed by atoms with van der Waals surface area (Å²) in [4.78, 5) is 0. The standard InChI is InChI=1S/C36B24/c37-13-7(19(43)20(44)11-9(13)23(47)32(56)33(57)24(11)48)1-3-5(17(41)30(54)28(52)15(3)39)2(6-4(1)16(40)29(53)31(55)18(6)42)8-14(38)10(22(46)27(51)21(8)45)12-25(49)34(58)36(60)35(59)26(12)50. The summed E-state index contributed by atoms with van der Waals surface area (Å²) in [5.74, 6) is 0. The summed E-state index contributed by atoms with van der Waals surface area (Å²) in [7, 11) is 159. The van der Waals surface area contributed by atoms with Crippen molar-refractivity contribution >= 4 is 352 Å². The number of hydrogen-bond acceptors (Lipinski definition) is 0. The molecule has 0 aliphatic heterocycles. The van der Waals surface area contributed by atoms with E-state index in [9.17, 15) is 0 Å². The SMILES string of the molecule is [B]c1c([B])c([B])c(-c2c([B])c([B])c([B])c(-c3c4c([B])c([B])c([B])c([B])c4c(-c4c([B])c([B])c5c([B])c([B])c([B])c([B])c5c4[B])c4c([B])c([B])c([B])c([B])c34)c2[B])c([B])c1[B]. The van der Waals surface area contributed by atoms with Gasteiger partial charge in [0.25, 0.3) is 0 Å². The molecule has 0 bridgehead atoms. The van der Waals surface area contributed by atoms with Crippen molar-refractivity contribution in [3.63, 3.8) is 0 Å². The summed E-state index contributed by atoms with van der Waals surface area (Å²) >= 11 is 0. The van der Waals surface area contributed by atoms with E-state index in [0.29, 0.717) is 0 Å². The van der Waals surface area contributed by atoms with E-state index in [4.69, 9.17) is 188 Å². The van der Waals surface area contributed by atoms with Crippen LogP contribution >= 0.6 is 0 Å². The molecule has 0 unspecified atom stereocenters. The third-order valence-corrected chi connectivity index (χ3v) is 11.5. The lowest BCUT2D eigenvalue weighted by atomic mass is 9.54. The lowest BCUT2D eigenvalue weighted by Gasteiger charge is -2.33. The van der Waals surface area contributed by atoms with E-state index >= 15 is 0 Å². The first kappa shape index (κ1) is 44.9. The van der Waals surface area contributed by atoms with Crippen molar-refractivity contribution in [1.29, 1.82) is 0 Å². The zero-order valence-electron chi connectivity index (χ0n) is 31.9. The van der Waals surface area contributed by atoms with Crippen molar-refractivity contribution in [3.8, 4) is 33.4 Å². The molecular formula is C36B24. The highest BCUT2D eigenvalue weighted by Crippen LogP contribution is 2.39. The summed E-state index contributed by atoms with van der Waals surface area (Å²) < 4.78 is 0. The lowest BCUT2D eigenvalue weighted by molar-refractivity contribution is 1.82.